The van der Waals surface area contributed by atoms with Crippen LogP contribution < -0.4 is 10.2 Å². The van der Waals surface area contributed by atoms with Crippen LogP contribution in [-0.4, -0.2) is 12.1 Å². The predicted octanol–water partition coefficient (Wildman–Crippen LogP) is 4.92. The fourth-order valence-corrected chi connectivity index (χ4v) is 2.67. The lowest BCUT2D eigenvalue weighted by Crippen LogP contribution is -2.19. The average Bonchev–Trinajstić information content (AvgIpc) is 2.70. The number of hydrazone groups is 1. The fraction of sp³-hybridized carbons (Fsp3) is 0.130. The van der Waals surface area contributed by atoms with Crippen LogP contribution >= 0.6 is 11.6 Å². The van der Waals surface area contributed by atoms with Crippen molar-refractivity contribution in [2.24, 2.45) is 5.10 Å². The van der Waals surface area contributed by atoms with Crippen LogP contribution in [0.3, 0.4) is 0 Å². The number of hydrogen-bond donors (Lipinski definition) is 1. The van der Waals surface area contributed by atoms with Crippen molar-refractivity contribution in [2.75, 3.05) is 0 Å². The highest BCUT2D eigenvalue weighted by molar-refractivity contribution is 6.30. The summed E-state index contributed by atoms with van der Waals surface area (Å²) in [6.45, 7) is 2.46. The maximum atomic E-state index is 12.0. The standard InChI is InChI=1S/C23H21ClN2O2/c1-17-5-7-18(8-6-17)14-23(27)26-25-15-20-3-2-4-22(13-20)28-16-19-9-11-21(24)12-10-19/h2-13,15H,14,16H2,1H3,(H,26,27)/b25-15-. The first-order valence-corrected chi connectivity index (χ1v) is 9.31. The van der Waals surface area contributed by atoms with Crippen molar-refractivity contribution in [3.63, 3.8) is 0 Å². The molecule has 0 spiro atoms. The predicted molar refractivity (Wildman–Crippen MR) is 113 cm³/mol. The summed E-state index contributed by atoms with van der Waals surface area (Å²) in [4.78, 5) is 12.0. The Morgan fingerprint density at radius 1 is 1.04 bits per heavy atom. The van der Waals surface area contributed by atoms with Crippen LogP contribution in [0.15, 0.2) is 77.9 Å². The zero-order valence-electron chi connectivity index (χ0n) is 15.6. The van der Waals surface area contributed by atoms with E-state index in [2.05, 4.69) is 10.5 Å². The molecular formula is C23H21ClN2O2. The van der Waals surface area contributed by atoms with Crippen LogP contribution in [0.5, 0.6) is 5.75 Å². The van der Waals surface area contributed by atoms with Crippen LogP contribution in [0.1, 0.15) is 22.3 Å². The quantitative estimate of drug-likeness (QED) is 0.458. The highest BCUT2D eigenvalue weighted by atomic mass is 35.5. The molecule has 3 aromatic rings. The molecule has 0 aromatic heterocycles. The van der Waals surface area contributed by atoms with E-state index >= 15 is 0 Å². The van der Waals surface area contributed by atoms with Gasteiger partial charge in [0, 0.05) is 5.02 Å². The molecule has 0 aliphatic rings. The first-order valence-electron chi connectivity index (χ1n) is 8.93. The molecule has 1 N–H and O–H groups in total. The summed E-state index contributed by atoms with van der Waals surface area (Å²) in [5, 5.41) is 4.73. The molecule has 1 amide bonds. The molecule has 0 saturated heterocycles. The van der Waals surface area contributed by atoms with Gasteiger partial charge in [-0.15, -0.1) is 0 Å². The summed E-state index contributed by atoms with van der Waals surface area (Å²) < 4.78 is 5.80. The molecule has 3 aromatic carbocycles. The number of rotatable bonds is 7. The van der Waals surface area contributed by atoms with Crippen molar-refractivity contribution in [3.8, 4) is 5.75 Å². The molecule has 0 unspecified atom stereocenters. The monoisotopic (exact) mass is 392 g/mol. The number of aryl methyl sites for hydroxylation is 1. The number of carbonyl (C=O) groups excluding carboxylic acids is 1. The van der Waals surface area contributed by atoms with E-state index in [0.717, 1.165) is 22.4 Å². The molecule has 0 saturated carbocycles. The molecule has 0 aliphatic carbocycles. The normalized spacial score (nSPS) is 10.8. The number of halogens is 1. The van der Waals surface area contributed by atoms with Crippen LogP contribution in [0.4, 0.5) is 0 Å². The Kier molecular flexibility index (Phi) is 6.82. The molecule has 0 bridgehead atoms. The number of benzene rings is 3. The Balaban J connectivity index is 1.51. The van der Waals surface area contributed by atoms with Gasteiger partial charge in [-0.25, -0.2) is 5.43 Å². The van der Waals surface area contributed by atoms with Crippen LogP contribution in [-0.2, 0) is 17.8 Å². The van der Waals surface area contributed by atoms with Gasteiger partial charge in [0.15, 0.2) is 0 Å². The minimum atomic E-state index is -0.157. The van der Waals surface area contributed by atoms with E-state index in [4.69, 9.17) is 16.3 Å². The van der Waals surface area contributed by atoms with Gasteiger partial charge in [0.1, 0.15) is 12.4 Å². The Bertz CT molecular complexity index is 951. The number of amides is 1. The van der Waals surface area contributed by atoms with E-state index in [1.165, 1.54) is 5.56 Å². The topological polar surface area (TPSA) is 50.7 Å². The van der Waals surface area contributed by atoms with Crippen molar-refractivity contribution in [3.05, 3.63) is 100 Å². The Labute approximate surface area is 169 Å². The lowest BCUT2D eigenvalue weighted by Gasteiger charge is -2.07. The van der Waals surface area contributed by atoms with Gasteiger partial charge in [-0.05, 0) is 47.9 Å². The van der Waals surface area contributed by atoms with Gasteiger partial charge in [0.25, 0.3) is 0 Å². The van der Waals surface area contributed by atoms with E-state index in [-0.39, 0.29) is 5.91 Å². The Hall–Kier alpha value is -3.11. The molecule has 0 aliphatic heterocycles. The van der Waals surface area contributed by atoms with E-state index in [1.54, 1.807) is 6.21 Å². The van der Waals surface area contributed by atoms with Crippen molar-refractivity contribution in [2.45, 2.75) is 20.0 Å². The van der Waals surface area contributed by atoms with Crippen LogP contribution in [0.2, 0.25) is 5.02 Å². The van der Waals surface area contributed by atoms with Crippen molar-refractivity contribution in [1.82, 2.24) is 5.43 Å². The summed E-state index contributed by atoms with van der Waals surface area (Å²) in [6.07, 6.45) is 1.89. The summed E-state index contributed by atoms with van der Waals surface area (Å²) in [5.41, 5.74) is 6.55. The largest absolute Gasteiger partial charge is 0.489 e. The second-order valence-corrected chi connectivity index (χ2v) is 6.88. The molecule has 5 heteroatoms. The molecular weight excluding hydrogens is 372 g/mol. The van der Waals surface area contributed by atoms with Gasteiger partial charge < -0.3 is 4.74 Å². The number of nitrogens with one attached hydrogen (secondary N) is 1. The lowest BCUT2D eigenvalue weighted by molar-refractivity contribution is -0.120. The fourth-order valence-electron chi connectivity index (χ4n) is 2.54. The van der Waals surface area contributed by atoms with E-state index in [1.807, 2.05) is 79.7 Å². The first-order chi connectivity index (χ1) is 13.6. The smallest absolute Gasteiger partial charge is 0.244 e. The molecule has 0 fully saturated rings. The van der Waals surface area contributed by atoms with E-state index < -0.39 is 0 Å². The highest BCUT2D eigenvalue weighted by Crippen LogP contribution is 2.15. The number of carbonyl (C=O) groups is 1. The minimum absolute atomic E-state index is 0.157. The molecule has 142 valence electrons. The minimum Gasteiger partial charge on any atom is -0.489 e. The number of hydrogen-bond acceptors (Lipinski definition) is 3. The lowest BCUT2D eigenvalue weighted by atomic mass is 10.1. The molecule has 0 radical (unpaired) electrons. The zero-order valence-corrected chi connectivity index (χ0v) is 16.3. The summed E-state index contributed by atoms with van der Waals surface area (Å²) in [6, 6.07) is 22.9. The summed E-state index contributed by atoms with van der Waals surface area (Å²) in [5.74, 6) is 0.570. The molecule has 0 heterocycles. The van der Waals surface area contributed by atoms with Gasteiger partial charge in [-0.3, -0.25) is 4.79 Å². The number of nitrogens with zero attached hydrogens (tertiary/aromatic N) is 1. The van der Waals surface area contributed by atoms with Gasteiger partial charge in [0.2, 0.25) is 5.91 Å². The maximum absolute atomic E-state index is 12.0. The van der Waals surface area contributed by atoms with E-state index in [0.29, 0.717) is 18.1 Å². The summed E-state index contributed by atoms with van der Waals surface area (Å²) in [7, 11) is 0. The molecule has 0 atom stereocenters. The summed E-state index contributed by atoms with van der Waals surface area (Å²) >= 11 is 5.89. The van der Waals surface area contributed by atoms with Crippen molar-refractivity contribution < 1.29 is 9.53 Å². The molecule has 4 nitrogen and oxygen atoms in total. The molecule has 3 rings (SSSR count). The third-order valence-corrected chi connectivity index (χ3v) is 4.32. The van der Waals surface area contributed by atoms with Gasteiger partial charge in [-0.2, -0.15) is 5.10 Å². The highest BCUT2D eigenvalue weighted by Gasteiger charge is 2.02. The van der Waals surface area contributed by atoms with Crippen LogP contribution in [0, 0.1) is 6.92 Å². The average molecular weight is 393 g/mol. The third-order valence-electron chi connectivity index (χ3n) is 4.07. The Morgan fingerprint density at radius 2 is 1.75 bits per heavy atom. The van der Waals surface area contributed by atoms with Gasteiger partial charge >= 0.3 is 0 Å². The molecule has 28 heavy (non-hydrogen) atoms. The second kappa shape index (κ2) is 9.72. The SMILES string of the molecule is Cc1ccc(CC(=O)N/N=C\c2cccc(OCc3ccc(Cl)cc3)c2)cc1. The Morgan fingerprint density at radius 3 is 2.50 bits per heavy atom. The first kappa shape index (κ1) is 19.6. The maximum Gasteiger partial charge on any atom is 0.244 e. The van der Waals surface area contributed by atoms with Crippen molar-refractivity contribution >= 4 is 23.7 Å². The van der Waals surface area contributed by atoms with Gasteiger partial charge in [-0.1, -0.05) is 65.7 Å². The van der Waals surface area contributed by atoms with E-state index in [9.17, 15) is 4.79 Å². The second-order valence-electron chi connectivity index (χ2n) is 6.44. The van der Waals surface area contributed by atoms with Gasteiger partial charge in [0.05, 0.1) is 12.6 Å². The van der Waals surface area contributed by atoms with Crippen molar-refractivity contribution in [1.29, 1.82) is 0 Å². The third kappa shape index (κ3) is 6.25. The number of ether oxygens (including phenoxy) is 1. The zero-order chi connectivity index (χ0) is 19.8. The van der Waals surface area contributed by atoms with Crippen LogP contribution in [0.25, 0.3) is 0 Å².